The van der Waals surface area contributed by atoms with Crippen LogP contribution < -0.4 is 10.4 Å². The van der Waals surface area contributed by atoms with Crippen LogP contribution in [-0.2, 0) is 21.5 Å². The van der Waals surface area contributed by atoms with E-state index < -0.39 is 8.32 Å². The zero-order valence-corrected chi connectivity index (χ0v) is 19.7. The Balaban J connectivity index is 0.00000338. The van der Waals surface area contributed by atoms with E-state index in [1.54, 1.807) is 0 Å². The molecule has 0 fully saturated rings. The molecule has 0 aliphatic heterocycles. The molecule has 0 unspecified atom stereocenters. The summed E-state index contributed by atoms with van der Waals surface area (Å²) >= 11 is 0. The monoisotopic (exact) mass is 423 g/mol. The van der Waals surface area contributed by atoms with Crippen molar-refractivity contribution < 1.29 is 21.5 Å². The van der Waals surface area contributed by atoms with Gasteiger partial charge in [0.25, 0.3) is 8.32 Å². The molecule has 0 aromatic heterocycles. The van der Waals surface area contributed by atoms with Crippen LogP contribution in [0.2, 0.25) is 5.04 Å². The van der Waals surface area contributed by atoms with Crippen LogP contribution in [0.5, 0.6) is 0 Å². The van der Waals surface area contributed by atoms with Gasteiger partial charge in [-0.2, -0.15) is 5.92 Å². The van der Waals surface area contributed by atoms with Gasteiger partial charge in [0, 0.05) is 25.5 Å². The Hall–Kier alpha value is -0.266. The van der Waals surface area contributed by atoms with E-state index in [0.29, 0.717) is 11.8 Å². The normalized spacial score (nSPS) is 13.9. The van der Waals surface area contributed by atoms with Gasteiger partial charge >= 0.3 is 17.1 Å². The summed E-state index contributed by atoms with van der Waals surface area (Å²) in [5.74, 6) is 0.965. The van der Waals surface area contributed by atoms with Crippen molar-refractivity contribution in [3.05, 3.63) is 67.6 Å². The first-order valence-corrected chi connectivity index (χ1v) is 11.3. The summed E-state index contributed by atoms with van der Waals surface area (Å²) in [7, 11) is -2.38. The van der Waals surface area contributed by atoms with Crippen molar-refractivity contribution in [2.45, 2.75) is 46.1 Å². The van der Waals surface area contributed by atoms with Gasteiger partial charge in [0.1, 0.15) is 0 Å². The summed E-state index contributed by atoms with van der Waals surface area (Å²) in [6, 6.07) is 21.7. The van der Waals surface area contributed by atoms with E-state index in [4.69, 9.17) is 4.43 Å². The topological polar surface area (TPSA) is 9.23 Å². The molecule has 2 atom stereocenters. The fourth-order valence-electron chi connectivity index (χ4n) is 3.78. The van der Waals surface area contributed by atoms with Gasteiger partial charge in [-0.25, -0.2) is 0 Å². The van der Waals surface area contributed by atoms with Crippen LogP contribution >= 0.6 is 0 Å². The molecular weight excluding hydrogens is 391 g/mol. The number of hydrogen-bond acceptors (Lipinski definition) is 1. The average Bonchev–Trinajstić information content (AvgIpc) is 2.55. The third kappa shape index (κ3) is 6.64. The van der Waals surface area contributed by atoms with Crippen molar-refractivity contribution in [2.75, 3.05) is 6.61 Å². The molecule has 0 aliphatic carbocycles. The average molecular weight is 424 g/mol. The summed E-state index contributed by atoms with van der Waals surface area (Å²) in [5.41, 5.74) is 0. The molecule has 0 saturated carbocycles. The largest absolute Gasteiger partial charge is 1.00 e. The van der Waals surface area contributed by atoms with Gasteiger partial charge in [-0.1, -0.05) is 102 Å². The Morgan fingerprint density at radius 3 is 1.63 bits per heavy atom. The third-order valence-electron chi connectivity index (χ3n) is 4.81. The Bertz CT molecular complexity index is 601. The second-order valence-electron chi connectivity index (χ2n) is 8.42. The molecule has 1 nitrogen and oxygen atoms in total. The van der Waals surface area contributed by atoms with E-state index in [0.717, 1.165) is 13.0 Å². The third-order valence-corrected chi connectivity index (χ3v) is 9.81. The first-order valence-electron chi connectivity index (χ1n) is 9.35. The SMILES string of the molecule is [CH2-][C@H](C)C[C@H](C)CO[Si](c1ccccc1)(c1ccccc1)C(C)(C)C.[Cu+].[Li]. The Morgan fingerprint density at radius 1 is 0.889 bits per heavy atom. The summed E-state index contributed by atoms with van der Waals surface area (Å²) in [5, 5.41) is 2.75. The molecular formula is C23H33CuLiOSi. The van der Waals surface area contributed by atoms with Crippen LogP contribution in [-0.4, -0.2) is 33.8 Å². The van der Waals surface area contributed by atoms with Gasteiger partial charge in [-0.15, -0.1) is 0 Å². The molecule has 4 heteroatoms. The zero-order chi connectivity index (χ0) is 18.5. The smallest absolute Gasteiger partial charge is 0.407 e. The van der Waals surface area contributed by atoms with Crippen molar-refractivity contribution in [2.24, 2.45) is 11.8 Å². The maximum atomic E-state index is 6.94. The maximum absolute atomic E-state index is 6.94. The summed E-state index contributed by atoms with van der Waals surface area (Å²) in [4.78, 5) is 0. The molecule has 2 aromatic carbocycles. The maximum Gasteiger partial charge on any atom is 1.00 e. The Morgan fingerprint density at radius 2 is 1.30 bits per heavy atom. The number of rotatable bonds is 7. The molecule has 147 valence electrons. The molecule has 27 heavy (non-hydrogen) atoms. The molecule has 0 N–H and O–H groups in total. The van der Waals surface area contributed by atoms with Crippen molar-refractivity contribution in [3.8, 4) is 0 Å². The first-order chi connectivity index (χ1) is 11.8. The molecule has 0 heterocycles. The second kappa shape index (κ2) is 11.7. The van der Waals surface area contributed by atoms with Gasteiger partial charge in [0.05, 0.1) is 0 Å². The zero-order valence-electron chi connectivity index (χ0n) is 17.8. The Kier molecular flexibility index (Phi) is 11.6. The molecule has 0 aliphatic rings. The van der Waals surface area contributed by atoms with E-state index in [2.05, 4.69) is 102 Å². The second-order valence-corrected chi connectivity index (χ2v) is 12.7. The van der Waals surface area contributed by atoms with Crippen LogP contribution in [0.4, 0.5) is 0 Å². The van der Waals surface area contributed by atoms with Gasteiger partial charge < -0.3 is 11.3 Å². The molecule has 2 rings (SSSR count). The standard InChI is InChI=1S/C23H33OSi.Cu.Li/c1-19(2)17-20(3)18-24-25(23(4,5)6,21-13-9-7-10-14-21)22-15-11-8-12-16-22;;/h7-16,19-20H,1,17-18H2,2-6H3;;/q-1;+1;/t19-,20+;;/m1../s1. The van der Waals surface area contributed by atoms with Crippen LogP contribution in [0.1, 0.15) is 41.0 Å². The van der Waals surface area contributed by atoms with Gasteiger partial charge in [-0.05, 0) is 21.3 Å². The minimum absolute atomic E-state index is 0. The van der Waals surface area contributed by atoms with Gasteiger partial charge in [-0.3, -0.25) is 0 Å². The molecule has 0 bridgehead atoms. The fourth-order valence-corrected chi connectivity index (χ4v) is 8.47. The van der Waals surface area contributed by atoms with Crippen molar-refractivity contribution in [1.82, 2.24) is 0 Å². The van der Waals surface area contributed by atoms with E-state index in [1.807, 2.05) is 0 Å². The molecule has 2 aromatic rings. The Labute approximate surface area is 190 Å². The molecule has 0 amide bonds. The van der Waals surface area contributed by atoms with E-state index in [-0.39, 0.29) is 41.0 Å². The summed E-state index contributed by atoms with van der Waals surface area (Å²) in [6.07, 6.45) is 1.10. The van der Waals surface area contributed by atoms with E-state index >= 15 is 0 Å². The minimum atomic E-state index is -2.38. The van der Waals surface area contributed by atoms with Crippen molar-refractivity contribution in [1.29, 1.82) is 0 Å². The summed E-state index contributed by atoms with van der Waals surface area (Å²) in [6.45, 7) is 16.4. The number of benzene rings is 2. The van der Waals surface area contributed by atoms with E-state index in [9.17, 15) is 0 Å². The van der Waals surface area contributed by atoms with Crippen molar-refractivity contribution in [3.63, 3.8) is 0 Å². The predicted molar refractivity (Wildman–Crippen MR) is 118 cm³/mol. The van der Waals surface area contributed by atoms with Gasteiger partial charge in [0.15, 0.2) is 0 Å². The van der Waals surface area contributed by atoms with Crippen LogP contribution in [0, 0.1) is 18.8 Å². The van der Waals surface area contributed by atoms with Crippen LogP contribution in [0.15, 0.2) is 60.7 Å². The fraction of sp³-hybridized carbons (Fsp3) is 0.435. The minimum Gasteiger partial charge on any atom is -0.407 e. The quantitative estimate of drug-likeness (QED) is 0.464. The molecule has 1 radical (unpaired) electrons. The van der Waals surface area contributed by atoms with Gasteiger partial charge in [0.2, 0.25) is 0 Å². The molecule has 0 saturated heterocycles. The first kappa shape index (κ1) is 26.7. The summed E-state index contributed by atoms with van der Waals surface area (Å²) < 4.78 is 6.94. The van der Waals surface area contributed by atoms with Crippen LogP contribution in [0.3, 0.4) is 0 Å². The van der Waals surface area contributed by atoms with Crippen LogP contribution in [0.25, 0.3) is 0 Å². The number of hydrogen-bond donors (Lipinski definition) is 0. The van der Waals surface area contributed by atoms with Crippen molar-refractivity contribution >= 4 is 37.6 Å². The molecule has 0 spiro atoms. The van der Waals surface area contributed by atoms with E-state index in [1.165, 1.54) is 10.4 Å². The predicted octanol–water partition coefficient (Wildman–Crippen LogP) is 4.68.